The lowest BCUT2D eigenvalue weighted by Gasteiger charge is -2.10. The van der Waals surface area contributed by atoms with Gasteiger partial charge in [-0.15, -0.1) is 11.3 Å². The number of nitrogens with one attached hydrogen (secondary N) is 1. The predicted octanol–water partition coefficient (Wildman–Crippen LogP) is 3.96. The Hall–Kier alpha value is -1.11. The summed E-state index contributed by atoms with van der Waals surface area (Å²) in [5.41, 5.74) is 1.19. The van der Waals surface area contributed by atoms with E-state index in [0.717, 1.165) is 9.35 Å². The van der Waals surface area contributed by atoms with Gasteiger partial charge in [0.25, 0.3) is 0 Å². The third-order valence-corrected chi connectivity index (χ3v) is 3.97. The first-order valence-electron chi connectivity index (χ1n) is 5.32. The first-order chi connectivity index (χ1) is 9.10. The molecular weight excluding hydrogens is 352 g/mol. The molecule has 19 heavy (non-hydrogen) atoms. The highest BCUT2D eigenvalue weighted by molar-refractivity contribution is 9.10. The Morgan fingerprint density at radius 3 is 3.00 bits per heavy atom. The van der Waals surface area contributed by atoms with Crippen molar-refractivity contribution in [3.8, 4) is 0 Å². The van der Waals surface area contributed by atoms with Crippen LogP contribution in [0.15, 0.2) is 28.9 Å². The van der Waals surface area contributed by atoms with Crippen LogP contribution in [0.5, 0.6) is 0 Å². The number of ether oxygens (including phenoxy) is 1. The summed E-state index contributed by atoms with van der Waals surface area (Å²) in [6, 6.07) is 5.33. The van der Waals surface area contributed by atoms with Crippen LogP contribution in [-0.4, -0.2) is 18.1 Å². The average molecular weight is 362 g/mol. The van der Waals surface area contributed by atoms with Gasteiger partial charge in [0.15, 0.2) is 4.47 Å². The molecule has 0 aliphatic carbocycles. The van der Waals surface area contributed by atoms with Gasteiger partial charge < -0.3 is 10.1 Å². The highest BCUT2D eigenvalue weighted by Crippen LogP contribution is 2.24. The number of carbonyl (C=O) groups is 1. The van der Waals surface area contributed by atoms with E-state index in [2.05, 4.69) is 26.2 Å². The average Bonchev–Trinajstić information content (AvgIpc) is 2.81. The molecule has 100 valence electrons. The molecule has 0 aliphatic rings. The molecule has 0 unspecified atom stereocenters. The van der Waals surface area contributed by atoms with Gasteiger partial charge in [-0.3, -0.25) is 0 Å². The first-order valence-corrected chi connectivity index (χ1v) is 7.31. The summed E-state index contributed by atoms with van der Waals surface area (Å²) in [4.78, 5) is 16.6. The minimum absolute atomic E-state index is 0.377. The summed E-state index contributed by atoms with van der Waals surface area (Å²) in [6.07, 6.45) is 1.70. The molecule has 2 rings (SSSR count). The van der Waals surface area contributed by atoms with Gasteiger partial charge >= 0.3 is 5.97 Å². The van der Waals surface area contributed by atoms with Gasteiger partial charge in [-0.25, -0.2) is 9.78 Å². The van der Waals surface area contributed by atoms with E-state index in [1.807, 2.05) is 6.07 Å². The summed E-state index contributed by atoms with van der Waals surface area (Å²) < 4.78 is 6.13. The quantitative estimate of drug-likeness (QED) is 0.838. The predicted molar refractivity (Wildman–Crippen MR) is 79.9 cm³/mol. The zero-order valence-corrected chi connectivity index (χ0v) is 13.1. The maximum atomic E-state index is 11.7. The van der Waals surface area contributed by atoms with E-state index in [9.17, 15) is 4.79 Å². The number of halogens is 2. The lowest BCUT2D eigenvalue weighted by atomic mass is 10.2. The maximum Gasteiger partial charge on any atom is 0.339 e. The molecule has 1 aromatic heterocycles. The number of anilines is 1. The zero-order chi connectivity index (χ0) is 13.8. The van der Waals surface area contributed by atoms with Crippen molar-refractivity contribution >= 4 is 50.5 Å². The summed E-state index contributed by atoms with van der Waals surface area (Å²) >= 11 is 10.5. The molecule has 7 heteroatoms. The van der Waals surface area contributed by atoms with Crippen molar-refractivity contribution < 1.29 is 9.53 Å². The van der Waals surface area contributed by atoms with Crippen molar-refractivity contribution in [3.63, 3.8) is 0 Å². The lowest BCUT2D eigenvalue weighted by Crippen LogP contribution is -2.07. The number of nitrogens with zero attached hydrogens (tertiary/aromatic N) is 1. The van der Waals surface area contributed by atoms with E-state index in [0.29, 0.717) is 22.3 Å². The molecule has 1 aromatic carbocycles. The van der Waals surface area contributed by atoms with Gasteiger partial charge in [-0.05, 0) is 18.2 Å². The topological polar surface area (TPSA) is 51.2 Å². The number of rotatable bonds is 4. The third-order valence-electron chi connectivity index (χ3n) is 2.37. The van der Waals surface area contributed by atoms with Crippen molar-refractivity contribution in [2.75, 3.05) is 12.4 Å². The van der Waals surface area contributed by atoms with Gasteiger partial charge in [-0.2, -0.15) is 0 Å². The van der Waals surface area contributed by atoms with Gasteiger partial charge in [0.05, 0.1) is 24.9 Å². The Morgan fingerprint density at radius 2 is 2.37 bits per heavy atom. The number of thiazole rings is 1. The molecule has 4 nitrogen and oxygen atoms in total. The van der Waals surface area contributed by atoms with Crippen molar-refractivity contribution in [2.45, 2.75) is 6.54 Å². The van der Waals surface area contributed by atoms with Gasteiger partial charge in [-0.1, -0.05) is 27.5 Å². The van der Waals surface area contributed by atoms with Crippen LogP contribution in [0.25, 0.3) is 0 Å². The van der Waals surface area contributed by atoms with Crippen LogP contribution in [0.2, 0.25) is 4.47 Å². The molecule has 0 atom stereocenters. The summed E-state index contributed by atoms with van der Waals surface area (Å²) in [5, 5.41) is 3.18. The lowest BCUT2D eigenvalue weighted by molar-refractivity contribution is 0.0602. The maximum absolute atomic E-state index is 11.7. The molecule has 0 saturated carbocycles. The molecule has 0 radical (unpaired) electrons. The van der Waals surface area contributed by atoms with E-state index < -0.39 is 0 Å². The Labute approximate surface area is 127 Å². The fourth-order valence-corrected chi connectivity index (χ4v) is 2.78. The van der Waals surface area contributed by atoms with Gasteiger partial charge in [0.1, 0.15) is 0 Å². The number of aromatic nitrogens is 1. The molecule has 0 aliphatic heterocycles. The van der Waals surface area contributed by atoms with Gasteiger partial charge in [0.2, 0.25) is 0 Å². The Bertz CT molecular complexity index is 603. The molecule has 0 saturated heterocycles. The van der Waals surface area contributed by atoms with E-state index in [1.165, 1.54) is 18.4 Å². The van der Waals surface area contributed by atoms with Crippen molar-refractivity contribution in [2.24, 2.45) is 0 Å². The van der Waals surface area contributed by atoms with Crippen LogP contribution in [0.4, 0.5) is 5.69 Å². The van der Waals surface area contributed by atoms with Crippen LogP contribution in [0.1, 0.15) is 15.2 Å². The highest BCUT2D eigenvalue weighted by atomic mass is 79.9. The number of carbonyl (C=O) groups excluding carboxylic acids is 1. The summed E-state index contributed by atoms with van der Waals surface area (Å²) in [7, 11) is 1.36. The second-order valence-electron chi connectivity index (χ2n) is 3.61. The standard InChI is InChI=1S/C12H10BrClN2O2S/c1-18-11(17)9-3-2-7(13)4-10(9)15-5-8-6-16-12(14)19-8/h2-4,6,15H,5H2,1H3. The van der Waals surface area contributed by atoms with Crippen LogP contribution >= 0.6 is 38.9 Å². The Kier molecular flexibility index (Phi) is 4.79. The third kappa shape index (κ3) is 3.68. The van der Waals surface area contributed by atoms with Crippen molar-refractivity contribution in [3.05, 3.63) is 43.8 Å². The minimum Gasteiger partial charge on any atom is -0.465 e. The smallest absolute Gasteiger partial charge is 0.339 e. The number of benzene rings is 1. The molecule has 0 amide bonds. The molecule has 0 fully saturated rings. The molecule has 1 N–H and O–H groups in total. The minimum atomic E-state index is -0.377. The van der Waals surface area contributed by atoms with Crippen molar-refractivity contribution in [1.82, 2.24) is 4.98 Å². The number of esters is 1. The summed E-state index contributed by atoms with van der Waals surface area (Å²) in [6.45, 7) is 0.546. The van der Waals surface area contributed by atoms with Crippen LogP contribution in [0, 0.1) is 0 Å². The van der Waals surface area contributed by atoms with Crippen LogP contribution in [-0.2, 0) is 11.3 Å². The van der Waals surface area contributed by atoms with Gasteiger partial charge in [0, 0.05) is 15.5 Å². The Morgan fingerprint density at radius 1 is 1.58 bits per heavy atom. The fourth-order valence-electron chi connectivity index (χ4n) is 1.50. The Balaban J connectivity index is 2.18. The molecule has 0 bridgehead atoms. The SMILES string of the molecule is COC(=O)c1ccc(Br)cc1NCc1cnc(Cl)s1. The largest absolute Gasteiger partial charge is 0.465 e. The first kappa shape index (κ1) is 14.3. The molecular formula is C12H10BrClN2O2S. The summed E-state index contributed by atoms with van der Waals surface area (Å²) in [5.74, 6) is -0.377. The normalized spacial score (nSPS) is 10.3. The monoisotopic (exact) mass is 360 g/mol. The second-order valence-corrected chi connectivity index (χ2v) is 6.23. The zero-order valence-electron chi connectivity index (χ0n) is 9.94. The molecule has 1 heterocycles. The fraction of sp³-hybridized carbons (Fsp3) is 0.167. The van der Waals surface area contributed by atoms with Crippen molar-refractivity contribution in [1.29, 1.82) is 0 Å². The number of hydrogen-bond acceptors (Lipinski definition) is 5. The van der Waals surface area contributed by atoms with E-state index in [4.69, 9.17) is 16.3 Å². The number of hydrogen-bond donors (Lipinski definition) is 1. The molecule has 0 spiro atoms. The second kappa shape index (κ2) is 6.36. The van der Waals surface area contributed by atoms with E-state index >= 15 is 0 Å². The van der Waals surface area contributed by atoms with E-state index in [1.54, 1.807) is 18.3 Å². The highest BCUT2D eigenvalue weighted by Gasteiger charge is 2.12. The van der Waals surface area contributed by atoms with Crippen LogP contribution in [0.3, 0.4) is 0 Å². The van der Waals surface area contributed by atoms with E-state index in [-0.39, 0.29) is 5.97 Å². The van der Waals surface area contributed by atoms with Crippen LogP contribution < -0.4 is 5.32 Å². The number of methoxy groups -OCH3 is 1. The molecule has 2 aromatic rings.